The summed E-state index contributed by atoms with van der Waals surface area (Å²) in [5, 5.41) is 20.0. The molecule has 0 N–H and O–H groups in total. The van der Waals surface area contributed by atoms with Gasteiger partial charge in [-0.15, -0.1) is 10.2 Å². The number of nitriles is 1. The third-order valence-corrected chi connectivity index (χ3v) is 7.62. The lowest BCUT2D eigenvalue weighted by Crippen LogP contribution is -2.29. The maximum Gasteiger partial charge on any atom is 0.262 e. The van der Waals surface area contributed by atoms with E-state index in [2.05, 4.69) is 51.0 Å². The second-order valence-electron chi connectivity index (χ2n) is 7.73. The van der Waals surface area contributed by atoms with Crippen molar-refractivity contribution in [1.82, 2.24) is 9.88 Å². The molecule has 1 aromatic heterocycles. The molecule has 2 heterocycles. The molecule has 0 saturated carbocycles. The first-order valence-corrected chi connectivity index (χ1v) is 12.9. The highest BCUT2D eigenvalue weighted by Crippen LogP contribution is 2.43. The largest absolute Gasteiger partial charge is 0.497 e. The average molecular weight is 567 g/mol. The van der Waals surface area contributed by atoms with E-state index in [4.69, 9.17) is 9.72 Å². The summed E-state index contributed by atoms with van der Waals surface area (Å²) in [5.74, 6) is -0.126. The quantitative estimate of drug-likeness (QED) is 0.232. The Bertz CT molecular complexity index is 1410. The summed E-state index contributed by atoms with van der Waals surface area (Å²) >= 11 is 4.80. The van der Waals surface area contributed by atoms with Gasteiger partial charge in [0.2, 0.25) is 0 Å². The van der Waals surface area contributed by atoms with Crippen molar-refractivity contribution in [2.24, 2.45) is 10.2 Å². The second kappa shape index (κ2) is 10.6. The van der Waals surface area contributed by atoms with Gasteiger partial charge in [-0.25, -0.2) is 4.98 Å². The molecule has 3 aromatic rings. The number of thiazole rings is 1. The van der Waals surface area contributed by atoms with Crippen LogP contribution < -0.4 is 9.64 Å². The number of carbonyl (C=O) groups is 2. The van der Waals surface area contributed by atoms with E-state index in [-0.39, 0.29) is 33.4 Å². The van der Waals surface area contributed by atoms with Crippen LogP contribution in [0.2, 0.25) is 0 Å². The summed E-state index contributed by atoms with van der Waals surface area (Å²) in [7, 11) is 1.61. The van der Waals surface area contributed by atoms with E-state index in [0.717, 1.165) is 34.4 Å². The summed E-state index contributed by atoms with van der Waals surface area (Å²) in [6.07, 6.45) is 0. The number of hydrogen-bond donors (Lipinski definition) is 0. The second-order valence-corrected chi connectivity index (χ2v) is 9.48. The average Bonchev–Trinajstić information content (AvgIpc) is 3.42. The monoisotopic (exact) mass is 566 g/mol. The molecule has 0 bridgehead atoms. The Balaban J connectivity index is 1.83. The van der Waals surface area contributed by atoms with E-state index in [1.165, 1.54) is 17.4 Å². The number of anilines is 1. The third-order valence-electron chi connectivity index (χ3n) is 5.85. The van der Waals surface area contributed by atoms with Gasteiger partial charge in [-0.1, -0.05) is 11.3 Å². The number of carbonyl (C=O) groups excluding carboxylic acids is 2. The predicted molar refractivity (Wildman–Crippen MR) is 142 cm³/mol. The van der Waals surface area contributed by atoms with Crippen molar-refractivity contribution in [3.05, 3.63) is 51.5 Å². The molecule has 0 atom stereocenters. The number of ether oxygens (including phenoxy) is 1. The van der Waals surface area contributed by atoms with Crippen molar-refractivity contribution in [3.63, 3.8) is 0 Å². The smallest absolute Gasteiger partial charge is 0.262 e. The Morgan fingerprint density at radius 3 is 2.42 bits per heavy atom. The van der Waals surface area contributed by atoms with E-state index < -0.39 is 11.8 Å². The summed E-state index contributed by atoms with van der Waals surface area (Å²) in [6, 6.07) is 11.0. The van der Waals surface area contributed by atoms with Crippen molar-refractivity contribution in [1.29, 1.82) is 5.26 Å². The molecule has 4 rings (SSSR count). The summed E-state index contributed by atoms with van der Waals surface area (Å²) in [5.41, 5.74) is 2.19. The number of rotatable bonds is 8. The zero-order valence-electron chi connectivity index (χ0n) is 20.2. The SMILES string of the molecule is CCN1C(=O)c2cc(C#N)c(N=Nc3sc(N(CC)CC)nc3-c3ccc(OC)cc3)c(Br)c2C1=O. The number of halogens is 1. The number of fused-ring (bicyclic) bond motifs is 1. The number of methoxy groups -OCH3 is 1. The Kier molecular flexibility index (Phi) is 7.47. The molecular formula is C25H23BrN6O3S. The van der Waals surface area contributed by atoms with Gasteiger partial charge in [-0.3, -0.25) is 14.5 Å². The van der Waals surface area contributed by atoms with Crippen molar-refractivity contribution in [3.8, 4) is 23.1 Å². The van der Waals surface area contributed by atoms with Gasteiger partial charge in [-0.2, -0.15) is 5.26 Å². The molecule has 36 heavy (non-hydrogen) atoms. The van der Waals surface area contributed by atoms with E-state index in [1.807, 2.05) is 24.3 Å². The van der Waals surface area contributed by atoms with E-state index in [0.29, 0.717) is 10.7 Å². The van der Waals surface area contributed by atoms with Crippen LogP contribution in [0.5, 0.6) is 5.75 Å². The van der Waals surface area contributed by atoms with Gasteiger partial charge >= 0.3 is 0 Å². The molecular weight excluding hydrogens is 544 g/mol. The fourth-order valence-electron chi connectivity index (χ4n) is 3.89. The summed E-state index contributed by atoms with van der Waals surface area (Å²) < 4.78 is 5.54. The number of nitrogens with zero attached hydrogens (tertiary/aromatic N) is 6. The number of hydrogen-bond acceptors (Lipinski definition) is 9. The molecule has 184 valence electrons. The predicted octanol–water partition coefficient (Wildman–Crippen LogP) is 6.33. The van der Waals surface area contributed by atoms with Crippen molar-refractivity contribution >= 4 is 54.9 Å². The molecule has 0 aliphatic carbocycles. The minimum Gasteiger partial charge on any atom is -0.497 e. The third kappa shape index (κ3) is 4.38. The highest BCUT2D eigenvalue weighted by Gasteiger charge is 2.38. The molecule has 9 nitrogen and oxygen atoms in total. The summed E-state index contributed by atoms with van der Waals surface area (Å²) in [6.45, 7) is 7.62. The van der Waals surface area contributed by atoms with Crippen LogP contribution in [-0.2, 0) is 0 Å². The van der Waals surface area contributed by atoms with Crippen LogP contribution in [0, 0.1) is 11.3 Å². The highest BCUT2D eigenvalue weighted by atomic mass is 79.9. The van der Waals surface area contributed by atoms with Crippen LogP contribution in [0.15, 0.2) is 45.0 Å². The zero-order chi connectivity index (χ0) is 26.0. The number of aromatic nitrogens is 1. The number of amides is 2. The standard InChI is InChI=1S/C25H23BrN6O3S/c1-5-31(6-2)25-28-21(14-8-10-16(35-4)11-9-14)22(36-25)30-29-20-15(13-27)12-17-18(19(20)26)24(34)32(7-3)23(17)33/h8-12H,5-7H2,1-4H3. The zero-order valence-corrected chi connectivity index (χ0v) is 22.6. The van der Waals surface area contributed by atoms with Crippen LogP contribution in [0.4, 0.5) is 15.8 Å². The highest BCUT2D eigenvalue weighted by molar-refractivity contribution is 9.10. The molecule has 0 spiro atoms. The molecule has 2 aromatic carbocycles. The summed E-state index contributed by atoms with van der Waals surface area (Å²) in [4.78, 5) is 33.5. The van der Waals surface area contributed by atoms with Gasteiger partial charge in [0.1, 0.15) is 23.2 Å². The van der Waals surface area contributed by atoms with Gasteiger partial charge in [0.05, 0.1) is 28.3 Å². The van der Waals surface area contributed by atoms with Gasteiger partial charge in [0.15, 0.2) is 10.1 Å². The number of azo groups is 1. The fraction of sp³-hybridized carbons (Fsp3) is 0.280. The van der Waals surface area contributed by atoms with Gasteiger partial charge in [-0.05, 0) is 67.0 Å². The van der Waals surface area contributed by atoms with E-state index >= 15 is 0 Å². The van der Waals surface area contributed by atoms with Crippen LogP contribution in [0.1, 0.15) is 47.1 Å². The lowest BCUT2D eigenvalue weighted by atomic mass is 10.0. The Morgan fingerprint density at radius 2 is 1.83 bits per heavy atom. The van der Waals surface area contributed by atoms with Crippen LogP contribution in [0.3, 0.4) is 0 Å². The Hall–Kier alpha value is -3.62. The minimum atomic E-state index is -0.425. The van der Waals surface area contributed by atoms with Crippen LogP contribution in [-0.4, -0.2) is 48.4 Å². The Labute approximate surface area is 221 Å². The van der Waals surface area contributed by atoms with E-state index in [9.17, 15) is 14.9 Å². The molecule has 1 aliphatic heterocycles. The Morgan fingerprint density at radius 1 is 1.14 bits per heavy atom. The molecule has 1 aliphatic rings. The van der Waals surface area contributed by atoms with Crippen LogP contribution >= 0.6 is 27.3 Å². The molecule has 0 radical (unpaired) electrons. The van der Waals surface area contributed by atoms with Gasteiger partial charge in [0.25, 0.3) is 11.8 Å². The van der Waals surface area contributed by atoms with Gasteiger partial charge < -0.3 is 9.64 Å². The lowest BCUT2D eigenvalue weighted by molar-refractivity contribution is 0.0662. The first kappa shape index (κ1) is 25.5. The maximum absolute atomic E-state index is 12.8. The minimum absolute atomic E-state index is 0.142. The topological polar surface area (TPSA) is 111 Å². The fourth-order valence-corrected chi connectivity index (χ4v) is 5.61. The van der Waals surface area contributed by atoms with Crippen molar-refractivity contribution in [2.75, 3.05) is 31.6 Å². The first-order valence-electron chi connectivity index (χ1n) is 11.3. The molecule has 0 unspecified atom stereocenters. The first-order chi connectivity index (χ1) is 17.4. The lowest BCUT2D eigenvalue weighted by Gasteiger charge is -2.16. The molecule has 2 amide bonds. The van der Waals surface area contributed by atoms with Crippen molar-refractivity contribution < 1.29 is 14.3 Å². The van der Waals surface area contributed by atoms with Gasteiger partial charge in [0, 0.05) is 25.2 Å². The molecule has 0 saturated heterocycles. The van der Waals surface area contributed by atoms with E-state index in [1.54, 1.807) is 14.0 Å². The maximum atomic E-state index is 12.8. The molecule has 0 fully saturated rings. The number of benzene rings is 2. The van der Waals surface area contributed by atoms with Crippen molar-refractivity contribution in [2.45, 2.75) is 20.8 Å². The normalized spacial score (nSPS) is 12.8. The van der Waals surface area contributed by atoms with Crippen LogP contribution in [0.25, 0.3) is 11.3 Å². The number of imide groups is 1. The molecule has 11 heteroatoms.